The van der Waals surface area contributed by atoms with Gasteiger partial charge in [-0.2, -0.15) is 5.26 Å². The minimum absolute atomic E-state index is 0.0449. The van der Waals surface area contributed by atoms with Crippen LogP contribution in [0.1, 0.15) is 54.2 Å². The van der Waals surface area contributed by atoms with E-state index in [9.17, 15) is 9.18 Å². The van der Waals surface area contributed by atoms with Crippen LogP contribution in [0, 0.1) is 17.1 Å². The van der Waals surface area contributed by atoms with Crippen molar-refractivity contribution in [3.63, 3.8) is 0 Å². The van der Waals surface area contributed by atoms with E-state index < -0.39 is 5.82 Å². The lowest BCUT2D eigenvalue weighted by atomic mass is 9.93. The molecule has 0 aliphatic carbocycles. The Labute approximate surface area is 253 Å². The third-order valence-corrected chi connectivity index (χ3v) is 8.80. The molecule has 2 saturated heterocycles. The summed E-state index contributed by atoms with van der Waals surface area (Å²) < 4.78 is 28.3. The number of likely N-dealkylation sites (tertiary alicyclic amines) is 1. The Morgan fingerprint density at radius 2 is 1.98 bits per heavy atom. The number of rotatable bonds is 8. The Balaban J connectivity index is 1.04. The summed E-state index contributed by atoms with van der Waals surface area (Å²) in [6.45, 7) is 4.07. The molecule has 5 heterocycles. The lowest BCUT2D eigenvalue weighted by Crippen LogP contribution is -2.34. The molecule has 2 aromatic carbocycles. The Kier molecular flexibility index (Phi) is 7.81. The SMILES string of the molecule is N#Cc1ccc(COc2cccc(C3CCN(Cc4nc5cc6cc[nH]c(=O)c6cc5n4C[C@@H]4CCCO4)CC3)n2)c(F)c1. The number of pyridine rings is 2. The fourth-order valence-electron chi connectivity index (χ4n) is 6.38. The van der Waals surface area contributed by atoms with Crippen molar-refractivity contribution >= 4 is 21.8 Å². The first-order valence-electron chi connectivity index (χ1n) is 15.2. The largest absolute Gasteiger partial charge is 0.473 e. The zero-order valence-corrected chi connectivity index (χ0v) is 24.3. The normalized spacial score (nSPS) is 17.8. The molecule has 224 valence electrons. The first kappa shape index (κ1) is 28.2. The standard InChI is InChI=1S/C34H33FN6O3/c35-28-15-22(18-36)6-7-25(28)21-44-33-5-1-4-29(39-33)23-9-12-40(13-10-23)20-32-38-30-16-24-8-11-37-34(42)27(24)17-31(30)41(32)19-26-3-2-14-43-26/h1,4-8,11,15-17,23,26H,2-3,9-10,12-14,19-21H2,(H,37,42)/t26-/m0/s1. The van der Waals surface area contributed by atoms with Crippen molar-refractivity contribution in [2.24, 2.45) is 0 Å². The van der Waals surface area contributed by atoms with E-state index in [4.69, 9.17) is 24.7 Å². The number of aromatic nitrogens is 4. The van der Waals surface area contributed by atoms with Crippen molar-refractivity contribution in [1.29, 1.82) is 5.26 Å². The van der Waals surface area contributed by atoms with Crippen LogP contribution in [0.15, 0.2) is 65.6 Å². The van der Waals surface area contributed by atoms with Crippen LogP contribution in [0.3, 0.4) is 0 Å². The highest BCUT2D eigenvalue weighted by molar-refractivity contribution is 5.94. The van der Waals surface area contributed by atoms with Gasteiger partial charge in [-0.05, 0) is 80.6 Å². The van der Waals surface area contributed by atoms with Crippen LogP contribution in [0.5, 0.6) is 5.88 Å². The van der Waals surface area contributed by atoms with Gasteiger partial charge in [-0.3, -0.25) is 9.69 Å². The number of nitriles is 1. The van der Waals surface area contributed by atoms with E-state index in [0.717, 1.165) is 79.9 Å². The number of nitrogens with one attached hydrogen (secondary N) is 1. The summed E-state index contributed by atoms with van der Waals surface area (Å²) in [6.07, 6.45) is 5.82. The van der Waals surface area contributed by atoms with E-state index in [2.05, 4.69) is 14.5 Å². The number of hydrogen-bond acceptors (Lipinski definition) is 7. The molecular weight excluding hydrogens is 559 g/mol. The van der Waals surface area contributed by atoms with Crippen LogP contribution in [0.25, 0.3) is 21.8 Å². The first-order valence-corrected chi connectivity index (χ1v) is 15.2. The molecule has 0 spiro atoms. The zero-order valence-electron chi connectivity index (χ0n) is 24.3. The number of halogens is 1. The maximum absolute atomic E-state index is 14.3. The lowest BCUT2D eigenvalue weighted by molar-refractivity contribution is 0.0960. The zero-order chi connectivity index (χ0) is 30.0. The molecule has 44 heavy (non-hydrogen) atoms. The molecule has 0 radical (unpaired) electrons. The van der Waals surface area contributed by atoms with Gasteiger partial charge in [0.25, 0.3) is 5.56 Å². The Morgan fingerprint density at radius 1 is 1.09 bits per heavy atom. The van der Waals surface area contributed by atoms with Crippen molar-refractivity contribution in [3.8, 4) is 11.9 Å². The van der Waals surface area contributed by atoms with Crippen LogP contribution >= 0.6 is 0 Å². The van der Waals surface area contributed by atoms with E-state index in [-0.39, 0.29) is 23.8 Å². The fourth-order valence-corrected chi connectivity index (χ4v) is 6.38. The number of H-pyrrole nitrogens is 1. The maximum atomic E-state index is 14.3. The lowest BCUT2D eigenvalue weighted by Gasteiger charge is -2.31. The Hall–Kier alpha value is -4.59. The number of nitrogens with zero attached hydrogens (tertiary/aromatic N) is 5. The number of imidazole rings is 1. The number of piperidine rings is 1. The van der Waals surface area contributed by atoms with E-state index in [0.29, 0.717) is 29.3 Å². The number of fused-ring (bicyclic) bond motifs is 2. The number of benzene rings is 2. The van der Waals surface area contributed by atoms with Crippen molar-refractivity contribution in [2.45, 2.75) is 57.4 Å². The molecule has 0 bridgehead atoms. The van der Waals surface area contributed by atoms with Gasteiger partial charge in [0.1, 0.15) is 18.2 Å². The molecule has 7 rings (SSSR count). The van der Waals surface area contributed by atoms with E-state index in [1.54, 1.807) is 24.4 Å². The van der Waals surface area contributed by atoms with Crippen molar-refractivity contribution < 1.29 is 13.9 Å². The second kappa shape index (κ2) is 12.2. The second-order valence-electron chi connectivity index (χ2n) is 11.7. The van der Waals surface area contributed by atoms with Crippen molar-refractivity contribution in [1.82, 2.24) is 24.4 Å². The highest BCUT2D eigenvalue weighted by Gasteiger charge is 2.25. The van der Waals surface area contributed by atoms with E-state index in [1.807, 2.05) is 36.4 Å². The Bertz CT molecular complexity index is 1910. The van der Waals surface area contributed by atoms with Crippen LogP contribution in [-0.2, 0) is 24.4 Å². The summed E-state index contributed by atoms with van der Waals surface area (Å²) in [4.78, 5) is 27.6. The third-order valence-electron chi connectivity index (χ3n) is 8.80. The van der Waals surface area contributed by atoms with Gasteiger partial charge < -0.3 is 19.0 Å². The minimum atomic E-state index is -0.459. The van der Waals surface area contributed by atoms with Crippen LogP contribution in [-0.4, -0.2) is 50.2 Å². The smallest absolute Gasteiger partial charge is 0.255 e. The monoisotopic (exact) mass is 592 g/mol. The quantitative estimate of drug-likeness (QED) is 0.256. The number of hydrogen-bond donors (Lipinski definition) is 1. The summed E-state index contributed by atoms with van der Waals surface area (Å²) in [6, 6.07) is 18.0. The molecule has 3 aromatic heterocycles. The number of aromatic amines is 1. The molecule has 2 fully saturated rings. The summed E-state index contributed by atoms with van der Waals surface area (Å²) >= 11 is 0. The molecule has 10 heteroatoms. The van der Waals surface area contributed by atoms with Crippen LogP contribution in [0.2, 0.25) is 0 Å². The summed E-state index contributed by atoms with van der Waals surface area (Å²) in [5, 5.41) is 10.5. The molecule has 5 aromatic rings. The number of ether oxygens (including phenoxy) is 2. The van der Waals surface area contributed by atoms with Gasteiger partial charge in [-0.25, -0.2) is 14.4 Å². The molecule has 9 nitrogen and oxygen atoms in total. The summed E-state index contributed by atoms with van der Waals surface area (Å²) in [7, 11) is 0. The van der Waals surface area contributed by atoms with Crippen LogP contribution in [0.4, 0.5) is 4.39 Å². The first-order chi connectivity index (χ1) is 21.5. The Morgan fingerprint density at radius 3 is 2.77 bits per heavy atom. The molecule has 0 saturated carbocycles. The highest BCUT2D eigenvalue weighted by Crippen LogP contribution is 2.30. The van der Waals surface area contributed by atoms with Gasteiger partial charge in [0.05, 0.1) is 41.9 Å². The van der Waals surface area contributed by atoms with Gasteiger partial charge in [-0.1, -0.05) is 12.1 Å². The summed E-state index contributed by atoms with van der Waals surface area (Å²) in [5.41, 5.74) is 3.41. The predicted molar refractivity (Wildman–Crippen MR) is 164 cm³/mol. The molecule has 2 aliphatic heterocycles. The second-order valence-corrected chi connectivity index (χ2v) is 11.7. The average Bonchev–Trinajstić information content (AvgIpc) is 3.68. The van der Waals surface area contributed by atoms with Crippen molar-refractivity contribution in [2.75, 3.05) is 19.7 Å². The molecule has 0 amide bonds. The van der Waals surface area contributed by atoms with E-state index in [1.165, 1.54) is 6.07 Å². The molecule has 1 atom stereocenters. The van der Waals surface area contributed by atoms with Gasteiger partial charge in [0.2, 0.25) is 5.88 Å². The van der Waals surface area contributed by atoms with Crippen molar-refractivity contribution in [3.05, 3.63) is 99.6 Å². The average molecular weight is 593 g/mol. The molecular formula is C34H33FN6O3. The molecule has 0 unspecified atom stereocenters. The molecule has 2 aliphatic rings. The van der Waals surface area contributed by atoms with Gasteiger partial charge in [-0.15, -0.1) is 0 Å². The molecule has 1 N–H and O–H groups in total. The third kappa shape index (κ3) is 5.81. The van der Waals surface area contributed by atoms with E-state index >= 15 is 0 Å². The predicted octanol–water partition coefficient (Wildman–Crippen LogP) is 5.42. The maximum Gasteiger partial charge on any atom is 0.255 e. The van der Waals surface area contributed by atoms with Gasteiger partial charge in [0, 0.05) is 41.4 Å². The minimum Gasteiger partial charge on any atom is -0.473 e. The fraction of sp³-hybridized carbons (Fsp3) is 0.353. The summed E-state index contributed by atoms with van der Waals surface area (Å²) in [5.74, 6) is 1.29. The highest BCUT2D eigenvalue weighted by atomic mass is 19.1. The van der Waals surface area contributed by atoms with Gasteiger partial charge in [0.15, 0.2) is 0 Å². The van der Waals surface area contributed by atoms with Crippen LogP contribution < -0.4 is 10.3 Å². The topological polar surface area (TPSA) is 109 Å². The van der Waals surface area contributed by atoms with Gasteiger partial charge >= 0.3 is 0 Å².